The molecule has 0 spiro atoms. The standard InChI is InChI=1S/C15H22N4OS/c1-9(2)8-19-11(5)6-7-12(14(19)20)13-17-18-15(21-13)16-10(3)4/h6-7,9-10H,8H2,1-5H3,(H,16,18). The molecular formula is C15H22N4OS. The molecule has 1 N–H and O–H groups in total. The molecular weight excluding hydrogens is 284 g/mol. The van der Waals surface area contributed by atoms with Crippen LogP contribution >= 0.6 is 11.3 Å². The zero-order valence-corrected chi connectivity index (χ0v) is 14.0. The molecule has 0 saturated heterocycles. The fraction of sp³-hybridized carbons (Fsp3) is 0.533. The number of nitrogens with one attached hydrogen (secondary N) is 1. The summed E-state index contributed by atoms with van der Waals surface area (Å²) in [5, 5.41) is 12.9. The van der Waals surface area contributed by atoms with Crippen LogP contribution in [0.3, 0.4) is 0 Å². The SMILES string of the molecule is Cc1ccc(-c2nnc(NC(C)C)s2)c(=O)n1CC(C)C. The lowest BCUT2D eigenvalue weighted by Gasteiger charge is -2.13. The molecule has 0 saturated carbocycles. The van der Waals surface area contributed by atoms with Crippen LogP contribution < -0.4 is 10.9 Å². The predicted molar refractivity (Wildman–Crippen MR) is 87.9 cm³/mol. The first-order valence-electron chi connectivity index (χ1n) is 7.19. The van der Waals surface area contributed by atoms with E-state index in [2.05, 4.69) is 29.4 Å². The zero-order valence-electron chi connectivity index (χ0n) is 13.2. The number of pyridine rings is 1. The van der Waals surface area contributed by atoms with Gasteiger partial charge in [0.1, 0.15) is 0 Å². The second kappa shape index (κ2) is 6.39. The molecule has 5 nitrogen and oxygen atoms in total. The molecule has 6 heteroatoms. The van der Waals surface area contributed by atoms with Crippen molar-refractivity contribution < 1.29 is 0 Å². The van der Waals surface area contributed by atoms with Gasteiger partial charge in [-0.15, -0.1) is 10.2 Å². The van der Waals surface area contributed by atoms with Crippen molar-refractivity contribution in [3.05, 3.63) is 28.2 Å². The molecule has 0 radical (unpaired) electrons. The number of aromatic nitrogens is 3. The van der Waals surface area contributed by atoms with Crippen molar-refractivity contribution in [3.8, 4) is 10.6 Å². The van der Waals surface area contributed by atoms with Crippen molar-refractivity contribution in [2.45, 2.75) is 47.2 Å². The summed E-state index contributed by atoms with van der Waals surface area (Å²) >= 11 is 1.42. The summed E-state index contributed by atoms with van der Waals surface area (Å²) in [4.78, 5) is 12.6. The van der Waals surface area contributed by atoms with E-state index in [1.165, 1.54) is 11.3 Å². The minimum atomic E-state index is 0.0101. The van der Waals surface area contributed by atoms with Crippen molar-refractivity contribution in [3.63, 3.8) is 0 Å². The largest absolute Gasteiger partial charge is 0.358 e. The van der Waals surface area contributed by atoms with Crippen LogP contribution in [-0.4, -0.2) is 20.8 Å². The van der Waals surface area contributed by atoms with E-state index in [1.54, 1.807) is 0 Å². The van der Waals surface area contributed by atoms with E-state index in [1.807, 2.05) is 37.5 Å². The fourth-order valence-corrected chi connectivity index (χ4v) is 2.97. The Kier molecular flexibility index (Phi) is 4.77. The molecule has 21 heavy (non-hydrogen) atoms. The predicted octanol–water partition coefficient (Wildman–Crippen LogP) is 3.15. The normalized spacial score (nSPS) is 11.4. The lowest BCUT2D eigenvalue weighted by Crippen LogP contribution is -2.25. The van der Waals surface area contributed by atoms with Crippen LogP contribution in [-0.2, 0) is 6.54 Å². The first-order valence-corrected chi connectivity index (χ1v) is 8.01. The van der Waals surface area contributed by atoms with Crippen molar-refractivity contribution >= 4 is 16.5 Å². The molecule has 0 amide bonds. The van der Waals surface area contributed by atoms with Gasteiger partial charge in [0.2, 0.25) is 5.13 Å². The maximum atomic E-state index is 12.6. The van der Waals surface area contributed by atoms with Gasteiger partial charge in [0, 0.05) is 18.3 Å². The van der Waals surface area contributed by atoms with E-state index in [-0.39, 0.29) is 5.56 Å². The Morgan fingerprint density at radius 1 is 1.24 bits per heavy atom. The van der Waals surface area contributed by atoms with Crippen LogP contribution in [0.5, 0.6) is 0 Å². The average Bonchev–Trinajstić information content (AvgIpc) is 2.81. The van der Waals surface area contributed by atoms with Gasteiger partial charge in [0.05, 0.1) is 5.56 Å². The first kappa shape index (κ1) is 15.7. The minimum Gasteiger partial charge on any atom is -0.358 e. The van der Waals surface area contributed by atoms with Crippen LogP contribution in [0.1, 0.15) is 33.4 Å². The second-order valence-electron chi connectivity index (χ2n) is 5.91. The van der Waals surface area contributed by atoms with Crippen LogP contribution in [0, 0.1) is 12.8 Å². The third-order valence-electron chi connectivity index (χ3n) is 3.01. The molecule has 0 atom stereocenters. The highest BCUT2D eigenvalue weighted by Crippen LogP contribution is 2.24. The molecule has 2 aromatic heterocycles. The summed E-state index contributed by atoms with van der Waals surface area (Å²) in [6.45, 7) is 11.0. The van der Waals surface area contributed by atoms with Crippen LogP contribution in [0.25, 0.3) is 10.6 Å². The summed E-state index contributed by atoms with van der Waals surface area (Å²) < 4.78 is 1.82. The maximum absolute atomic E-state index is 12.6. The lowest BCUT2D eigenvalue weighted by molar-refractivity contribution is 0.503. The summed E-state index contributed by atoms with van der Waals surface area (Å²) in [6, 6.07) is 4.10. The molecule has 0 aromatic carbocycles. The van der Waals surface area contributed by atoms with Crippen molar-refractivity contribution in [2.24, 2.45) is 5.92 Å². The van der Waals surface area contributed by atoms with Gasteiger partial charge in [-0.1, -0.05) is 25.2 Å². The Bertz CT molecular complexity index is 673. The number of anilines is 1. The fourth-order valence-electron chi connectivity index (χ4n) is 2.06. The van der Waals surface area contributed by atoms with Gasteiger partial charge in [0.15, 0.2) is 5.01 Å². The van der Waals surface area contributed by atoms with Crippen LogP contribution in [0.2, 0.25) is 0 Å². The summed E-state index contributed by atoms with van der Waals surface area (Å²) in [5.41, 5.74) is 1.61. The number of rotatable bonds is 5. The van der Waals surface area contributed by atoms with E-state index >= 15 is 0 Å². The number of hydrogen-bond donors (Lipinski definition) is 1. The maximum Gasteiger partial charge on any atom is 0.261 e. The Balaban J connectivity index is 2.40. The van der Waals surface area contributed by atoms with E-state index in [0.717, 1.165) is 10.8 Å². The Morgan fingerprint density at radius 2 is 1.95 bits per heavy atom. The van der Waals surface area contributed by atoms with E-state index in [4.69, 9.17) is 0 Å². The van der Waals surface area contributed by atoms with Gasteiger partial charge < -0.3 is 9.88 Å². The average molecular weight is 306 g/mol. The van der Waals surface area contributed by atoms with Gasteiger partial charge in [0.25, 0.3) is 5.56 Å². The highest BCUT2D eigenvalue weighted by molar-refractivity contribution is 7.18. The monoisotopic (exact) mass is 306 g/mol. The third-order valence-corrected chi connectivity index (χ3v) is 3.90. The third kappa shape index (κ3) is 3.69. The van der Waals surface area contributed by atoms with Gasteiger partial charge in [-0.2, -0.15) is 0 Å². The van der Waals surface area contributed by atoms with E-state index in [0.29, 0.717) is 29.1 Å². The minimum absolute atomic E-state index is 0.0101. The zero-order chi connectivity index (χ0) is 15.6. The number of hydrogen-bond acceptors (Lipinski definition) is 5. The van der Waals surface area contributed by atoms with Gasteiger partial charge >= 0.3 is 0 Å². The van der Waals surface area contributed by atoms with Crippen LogP contribution in [0.15, 0.2) is 16.9 Å². The molecule has 2 rings (SSSR count). The number of nitrogens with zero attached hydrogens (tertiary/aromatic N) is 3. The van der Waals surface area contributed by atoms with Crippen molar-refractivity contribution in [1.29, 1.82) is 0 Å². The summed E-state index contributed by atoms with van der Waals surface area (Å²) in [6.07, 6.45) is 0. The molecule has 0 unspecified atom stereocenters. The van der Waals surface area contributed by atoms with Gasteiger partial charge in [-0.05, 0) is 38.8 Å². The summed E-state index contributed by atoms with van der Waals surface area (Å²) in [5.74, 6) is 0.421. The van der Waals surface area contributed by atoms with E-state index in [9.17, 15) is 4.79 Å². The second-order valence-corrected chi connectivity index (χ2v) is 6.89. The summed E-state index contributed by atoms with van der Waals surface area (Å²) in [7, 11) is 0. The highest BCUT2D eigenvalue weighted by atomic mass is 32.1. The molecule has 0 aliphatic heterocycles. The molecule has 114 valence electrons. The van der Waals surface area contributed by atoms with Crippen molar-refractivity contribution in [1.82, 2.24) is 14.8 Å². The molecule has 2 heterocycles. The molecule has 0 aliphatic carbocycles. The topological polar surface area (TPSA) is 59.8 Å². The van der Waals surface area contributed by atoms with Crippen molar-refractivity contribution in [2.75, 3.05) is 5.32 Å². The Labute approximate surface area is 129 Å². The van der Waals surface area contributed by atoms with Crippen LogP contribution in [0.4, 0.5) is 5.13 Å². The molecule has 2 aromatic rings. The van der Waals surface area contributed by atoms with E-state index < -0.39 is 0 Å². The quantitative estimate of drug-likeness (QED) is 0.922. The molecule has 0 aliphatic rings. The van der Waals surface area contributed by atoms with Gasteiger partial charge in [-0.3, -0.25) is 4.79 Å². The number of aryl methyl sites for hydroxylation is 1. The Hall–Kier alpha value is -1.69. The van der Waals surface area contributed by atoms with Gasteiger partial charge in [-0.25, -0.2) is 0 Å². The first-order chi connectivity index (χ1) is 9.88. The lowest BCUT2D eigenvalue weighted by atomic mass is 10.2. The smallest absolute Gasteiger partial charge is 0.261 e. The molecule has 0 fully saturated rings. The molecule has 0 bridgehead atoms. The highest BCUT2D eigenvalue weighted by Gasteiger charge is 2.14. The Morgan fingerprint density at radius 3 is 2.57 bits per heavy atom.